The molecule has 0 amide bonds. The van der Waals surface area contributed by atoms with Crippen LogP contribution in [0.1, 0.15) is 30.0 Å². The van der Waals surface area contributed by atoms with Crippen molar-refractivity contribution >= 4 is 17.4 Å². The van der Waals surface area contributed by atoms with Gasteiger partial charge in [-0.25, -0.2) is 4.68 Å². The van der Waals surface area contributed by atoms with Crippen LogP contribution in [-0.4, -0.2) is 38.3 Å². The highest BCUT2D eigenvalue weighted by Gasteiger charge is 2.21. The van der Waals surface area contributed by atoms with Gasteiger partial charge in [-0.15, -0.1) is 5.10 Å². The average molecular weight is 335 g/mol. The van der Waals surface area contributed by atoms with Crippen molar-refractivity contribution in [3.05, 3.63) is 39.4 Å². The van der Waals surface area contributed by atoms with Crippen molar-refractivity contribution in [2.75, 3.05) is 13.2 Å². The molecule has 0 bridgehead atoms. The van der Waals surface area contributed by atoms with Crippen LogP contribution in [0, 0.1) is 17.0 Å². The first kappa shape index (κ1) is 15.9. The highest BCUT2D eigenvalue weighted by Crippen LogP contribution is 2.29. The van der Waals surface area contributed by atoms with Crippen LogP contribution in [0.2, 0.25) is 0 Å². The number of tetrazole rings is 1. The normalized spacial score (nSPS) is 15.7. The lowest BCUT2D eigenvalue weighted by Gasteiger charge is -2.22. The van der Waals surface area contributed by atoms with Crippen molar-refractivity contribution in [1.29, 1.82) is 0 Å². The zero-order valence-corrected chi connectivity index (χ0v) is 13.5. The summed E-state index contributed by atoms with van der Waals surface area (Å²) in [5.74, 6) is 0.594. The van der Waals surface area contributed by atoms with E-state index in [2.05, 4.69) is 15.5 Å². The van der Waals surface area contributed by atoms with Gasteiger partial charge in [-0.05, 0) is 35.8 Å². The van der Waals surface area contributed by atoms with Crippen molar-refractivity contribution in [3.8, 4) is 0 Å². The number of nitro benzene ring substituents is 1. The van der Waals surface area contributed by atoms with Gasteiger partial charge in [-0.2, -0.15) is 0 Å². The van der Waals surface area contributed by atoms with Gasteiger partial charge >= 0.3 is 0 Å². The number of aromatic nitrogens is 4. The second kappa shape index (κ2) is 7.05. The number of nitrogens with zero attached hydrogens (tertiary/aromatic N) is 5. The van der Waals surface area contributed by atoms with Crippen LogP contribution in [0.3, 0.4) is 0 Å². The molecule has 0 saturated carbocycles. The fraction of sp³-hybridized carbons (Fsp3) is 0.500. The number of rotatable bonds is 5. The van der Waals surface area contributed by atoms with E-state index in [-0.39, 0.29) is 16.7 Å². The predicted octanol–water partition coefficient (Wildman–Crippen LogP) is 2.53. The molecular formula is C14H17N5O3S. The first-order valence-corrected chi connectivity index (χ1v) is 8.36. The molecule has 1 aromatic heterocycles. The third kappa shape index (κ3) is 3.50. The molecule has 0 spiro atoms. The highest BCUT2D eigenvalue weighted by atomic mass is 32.2. The third-order valence-corrected chi connectivity index (χ3v) is 4.95. The molecule has 1 aliphatic heterocycles. The number of hydrogen-bond acceptors (Lipinski definition) is 7. The van der Waals surface area contributed by atoms with Gasteiger partial charge in [0.2, 0.25) is 5.16 Å². The molecule has 0 N–H and O–H groups in total. The van der Waals surface area contributed by atoms with Gasteiger partial charge in [0, 0.05) is 30.6 Å². The maximum Gasteiger partial charge on any atom is 0.272 e. The van der Waals surface area contributed by atoms with Gasteiger partial charge in [-0.1, -0.05) is 23.9 Å². The van der Waals surface area contributed by atoms with Crippen LogP contribution in [0.5, 0.6) is 0 Å². The lowest BCUT2D eigenvalue weighted by molar-refractivity contribution is -0.385. The topological polar surface area (TPSA) is 96.0 Å². The zero-order chi connectivity index (χ0) is 16.2. The Hall–Kier alpha value is -2.00. The number of nitro groups is 1. The van der Waals surface area contributed by atoms with Crippen molar-refractivity contribution in [3.63, 3.8) is 0 Å². The van der Waals surface area contributed by atoms with Crippen LogP contribution in [0.4, 0.5) is 5.69 Å². The van der Waals surface area contributed by atoms with Crippen LogP contribution in [0.15, 0.2) is 23.4 Å². The molecule has 0 aliphatic carbocycles. The summed E-state index contributed by atoms with van der Waals surface area (Å²) in [6.07, 6.45) is 1.79. The summed E-state index contributed by atoms with van der Waals surface area (Å²) in [7, 11) is 0. The van der Waals surface area contributed by atoms with Gasteiger partial charge in [-0.3, -0.25) is 10.1 Å². The van der Waals surface area contributed by atoms with E-state index in [4.69, 9.17) is 4.74 Å². The van der Waals surface area contributed by atoms with Crippen LogP contribution < -0.4 is 0 Å². The van der Waals surface area contributed by atoms with Gasteiger partial charge in [0.1, 0.15) is 0 Å². The molecule has 1 fully saturated rings. The van der Waals surface area contributed by atoms with E-state index in [0.29, 0.717) is 11.3 Å². The second-order valence-corrected chi connectivity index (χ2v) is 6.30. The zero-order valence-electron chi connectivity index (χ0n) is 12.7. The minimum Gasteiger partial charge on any atom is -0.381 e. The summed E-state index contributed by atoms with van der Waals surface area (Å²) in [6.45, 7) is 3.22. The summed E-state index contributed by atoms with van der Waals surface area (Å²) in [6, 6.07) is 5.39. The molecule has 8 nitrogen and oxygen atoms in total. The molecule has 1 aliphatic rings. The highest BCUT2D eigenvalue weighted by molar-refractivity contribution is 7.98. The Morgan fingerprint density at radius 1 is 1.43 bits per heavy atom. The molecule has 1 aromatic carbocycles. The van der Waals surface area contributed by atoms with E-state index in [1.165, 1.54) is 17.8 Å². The smallest absolute Gasteiger partial charge is 0.272 e. The Balaban J connectivity index is 1.73. The third-order valence-electron chi connectivity index (χ3n) is 3.97. The quantitative estimate of drug-likeness (QED) is 0.470. The lowest BCUT2D eigenvalue weighted by Crippen LogP contribution is -2.21. The largest absolute Gasteiger partial charge is 0.381 e. The minimum atomic E-state index is -0.352. The maximum atomic E-state index is 11.0. The molecule has 2 heterocycles. The predicted molar refractivity (Wildman–Crippen MR) is 84.3 cm³/mol. The first-order chi connectivity index (χ1) is 11.2. The Kier molecular flexibility index (Phi) is 4.87. The van der Waals surface area contributed by atoms with Crippen molar-refractivity contribution in [2.45, 2.75) is 36.7 Å². The number of thioether (sulfide) groups is 1. The summed E-state index contributed by atoms with van der Waals surface area (Å²) < 4.78 is 7.21. The number of hydrogen-bond donors (Lipinski definition) is 0. The fourth-order valence-corrected chi connectivity index (χ4v) is 3.62. The van der Waals surface area contributed by atoms with Crippen molar-refractivity contribution in [2.24, 2.45) is 0 Å². The molecule has 0 unspecified atom stereocenters. The van der Waals surface area contributed by atoms with Crippen LogP contribution in [0.25, 0.3) is 0 Å². The standard InChI is InChI=1S/C14H17N5O3S/c1-10-11(3-2-4-13(10)19(20)21)9-23-14-15-16-17-18(14)12-5-7-22-8-6-12/h2-4,12H,5-9H2,1H3. The molecule has 0 radical (unpaired) electrons. The average Bonchev–Trinajstić information content (AvgIpc) is 3.03. The van der Waals surface area contributed by atoms with Gasteiger partial charge in [0.25, 0.3) is 5.69 Å². The van der Waals surface area contributed by atoms with E-state index < -0.39 is 0 Å². The number of ether oxygens (including phenoxy) is 1. The summed E-state index contributed by atoms with van der Waals surface area (Å²) in [4.78, 5) is 10.7. The molecule has 2 aromatic rings. The second-order valence-electron chi connectivity index (χ2n) is 5.36. The molecule has 3 rings (SSSR count). The fourth-order valence-electron chi connectivity index (χ4n) is 2.61. The van der Waals surface area contributed by atoms with E-state index >= 15 is 0 Å². The Bertz CT molecular complexity index is 699. The SMILES string of the molecule is Cc1c(CSc2nnnn2C2CCOCC2)cccc1[N+](=O)[O-]. The van der Waals surface area contributed by atoms with E-state index in [1.807, 2.05) is 10.7 Å². The Morgan fingerprint density at radius 3 is 2.96 bits per heavy atom. The van der Waals surface area contributed by atoms with Crippen LogP contribution >= 0.6 is 11.8 Å². The summed E-state index contributed by atoms with van der Waals surface area (Å²) >= 11 is 1.50. The van der Waals surface area contributed by atoms with Gasteiger partial charge in [0.05, 0.1) is 11.0 Å². The first-order valence-electron chi connectivity index (χ1n) is 7.38. The maximum absolute atomic E-state index is 11.0. The summed E-state index contributed by atoms with van der Waals surface area (Å²) in [5, 5.41) is 23.7. The lowest BCUT2D eigenvalue weighted by atomic mass is 10.1. The molecule has 23 heavy (non-hydrogen) atoms. The minimum absolute atomic E-state index is 0.145. The monoisotopic (exact) mass is 335 g/mol. The molecule has 0 atom stereocenters. The van der Waals surface area contributed by atoms with E-state index in [9.17, 15) is 10.1 Å². The van der Waals surface area contributed by atoms with Gasteiger partial charge < -0.3 is 4.74 Å². The van der Waals surface area contributed by atoms with Crippen molar-refractivity contribution < 1.29 is 9.66 Å². The van der Waals surface area contributed by atoms with E-state index in [1.54, 1.807) is 13.0 Å². The van der Waals surface area contributed by atoms with Crippen LogP contribution in [-0.2, 0) is 10.5 Å². The Labute approximate surface area is 137 Å². The molecule has 1 saturated heterocycles. The van der Waals surface area contributed by atoms with Gasteiger partial charge in [0.15, 0.2) is 0 Å². The molecule has 9 heteroatoms. The molecular weight excluding hydrogens is 318 g/mol. The number of benzene rings is 1. The molecule has 122 valence electrons. The van der Waals surface area contributed by atoms with E-state index in [0.717, 1.165) is 36.8 Å². The van der Waals surface area contributed by atoms with Crippen molar-refractivity contribution in [1.82, 2.24) is 20.2 Å². The summed E-state index contributed by atoms with van der Waals surface area (Å²) in [5.41, 5.74) is 1.76. The Morgan fingerprint density at radius 2 is 2.22 bits per heavy atom.